The second-order valence-corrected chi connectivity index (χ2v) is 7.49. The number of amides is 1. The number of benzene rings is 3. The molecule has 0 spiro atoms. The monoisotopic (exact) mass is 394 g/mol. The lowest BCUT2D eigenvalue weighted by Crippen LogP contribution is -2.39. The van der Waals surface area contributed by atoms with E-state index in [0.717, 1.165) is 16.3 Å². The second kappa shape index (κ2) is 6.57. The molecular formula is C24H18N4O2. The highest BCUT2D eigenvalue weighted by Gasteiger charge is 2.26. The summed E-state index contributed by atoms with van der Waals surface area (Å²) in [6.45, 7) is 1.36. The number of aromatic nitrogens is 2. The van der Waals surface area contributed by atoms with Gasteiger partial charge in [-0.1, -0.05) is 60.7 Å². The number of carbonyl (C=O) groups is 1. The molecule has 2 aromatic heterocycles. The largest absolute Gasteiger partial charge is 0.432 e. The van der Waals surface area contributed by atoms with E-state index < -0.39 is 0 Å². The van der Waals surface area contributed by atoms with Crippen LogP contribution in [0.4, 0.5) is 0 Å². The van der Waals surface area contributed by atoms with Gasteiger partial charge in [-0.15, -0.1) is 0 Å². The van der Waals surface area contributed by atoms with E-state index in [-0.39, 0.29) is 5.91 Å². The van der Waals surface area contributed by atoms with Crippen LogP contribution in [0.5, 0.6) is 0 Å². The summed E-state index contributed by atoms with van der Waals surface area (Å²) < 4.78 is 7.17. The van der Waals surface area contributed by atoms with Crippen molar-refractivity contribution in [3.8, 4) is 11.3 Å². The van der Waals surface area contributed by atoms with Gasteiger partial charge in [-0.3, -0.25) is 14.6 Å². The number of hydrogen-bond donors (Lipinski definition) is 1. The summed E-state index contributed by atoms with van der Waals surface area (Å²) in [6, 6.07) is 22.5. The maximum absolute atomic E-state index is 13.3. The molecule has 6 heteroatoms. The Bertz CT molecular complexity index is 1390. The molecule has 3 aromatic carbocycles. The predicted octanol–water partition coefficient (Wildman–Crippen LogP) is 4.41. The van der Waals surface area contributed by atoms with Gasteiger partial charge in [-0.25, -0.2) is 5.01 Å². The van der Waals surface area contributed by atoms with Gasteiger partial charge in [0.05, 0.1) is 0 Å². The predicted molar refractivity (Wildman–Crippen MR) is 114 cm³/mol. The van der Waals surface area contributed by atoms with Crippen molar-refractivity contribution in [1.29, 1.82) is 0 Å². The van der Waals surface area contributed by atoms with E-state index in [4.69, 9.17) is 4.42 Å². The lowest BCUT2D eigenvalue weighted by molar-refractivity contribution is 0.0778. The van der Waals surface area contributed by atoms with Crippen LogP contribution in [0.3, 0.4) is 0 Å². The van der Waals surface area contributed by atoms with Crippen LogP contribution >= 0.6 is 0 Å². The highest BCUT2D eigenvalue weighted by Crippen LogP contribution is 2.29. The summed E-state index contributed by atoms with van der Waals surface area (Å²) in [5.41, 5.74) is 7.46. The normalized spacial score (nSPS) is 13.7. The summed E-state index contributed by atoms with van der Waals surface area (Å²) >= 11 is 0. The van der Waals surface area contributed by atoms with Gasteiger partial charge in [0.25, 0.3) is 5.91 Å². The third kappa shape index (κ3) is 2.69. The van der Waals surface area contributed by atoms with Crippen LogP contribution in [0.25, 0.3) is 27.9 Å². The standard InChI is InChI=1S/C24H18N4O2/c29-23(26-27-14-19-7-3-4-8-20(19)15-27)22-21(25-24-28(22)11-12-30-24)18-10-9-16-5-1-2-6-17(16)13-18/h1-13H,14-15H2,(H,26,29). The Morgan fingerprint density at radius 2 is 1.67 bits per heavy atom. The number of nitrogens with zero attached hydrogens (tertiary/aromatic N) is 3. The van der Waals surface area contributed by atoms with E-state index >= 15 is 0 Å². The molecule has 0 fully saturated rings. The van der Waals surface area contributed by atoms with Gasteiger partial charge < -0.3 is 4.42 Å². The van der Waals surface area contributed by atoms with Gasteiger partial charge in [0.15, 0.2) is 0 Å². The molecule has 0 atom stereocenters. The molecule has 1 N–H and O–H groups in total. The summed E-state index contributed by atoms with van der Waals surface area (Å²) in [5.74, 6) is 0.188. The van der Waals surface area contributed by atoms with E-state index in [9.17, 15) is 4.79 Å². The highest BCUT2D eigenvalue weighted by atomic mass is 16.3. The molecule has 0 radical (unpaired) electrons. The Kier molecular flexibility index (Phi) is 3.72. The number of hydrogen-bond acceptors (Lipinski definition) is 4. The molecule has 3 heterocycles. The Hall–Kier alpha value is -3.90. The second-order valence-electron chi connectivity index (χ2n) is 7.49. The molecule has 0 bridgehead atoms. The van der Waals surface area contributed by atoms with Crippen LogP contribution < -0.4 is 5.43 Å². The molecule has 0 aliphatic carbocycles. The minimum Gasteiger partial charge on any atom is -0.432 e. The zero-order chi connectivity index (χ0) is 20.1. The van der Waals surface area contributed by atoms with Crippen LogP contribution in [-0.2, 0) is 13.1 Å². The maximum atomic E-state index is 13.3. The van der Waals surface area contributed by atoms with Gasteiger partial charge in [-0.2, -0.15) is 4.98 Å². The smallest absolute Gasteiger partial charge is 0.306 e. The van der Waals surface area contributed by atoms with Crippen molar-refractivity contribution >= 4 is 22.5 Å². The third-order valence-corrected chi connectivity index (χ3v) is 5.60. The first-order valence-corrected chi connectivity index (χ1v) is 9.84. The van der Waals surface area contributed by atoms with Crippen LogP contribution in [-0.4, -0.2) is 20.3 Å². The fourth-order valence-electron chi connectivity index (χ4n) is 4.15. The fraction of sp³-hybridized carbons (Fsp3) is 0.0833. The number of nitrogens with one attached hydrogen (secondary N) is 1. The van der Waals surface area contributed by atoms with Gasteiger partial charge in [0.2, 0.25) is 0 Å². The minimum atomic E-state index is -0.208. The maximum Gasteiger partial charge on any atom is 0.306 e. The van der Waals surface area contributed by atoms with E-state index in [1.54, 1.807) is 10.6 Å². The third-order valence-electron chi connectivity index (χ3n) is 5.60. The molecule has 1 aliphatic rings. The average Bonchev–Trinajstić information content (AvgIpc) is 3.46. The fourth-order valence-corrected chi connectivity index (χ4v) is 4.15. The van der Waals surface area contributed by atoms with Crippen LogP contribution in [0.1, 0.15) is 21.6 Å². The average molecular weight is 394 g/mol. The van der Waals surface area contributed by atoms with E-state index in [1.165, 1.54) is 17.4 Å². The van der Waals surface area contributed by atoms with Crippen molar-refractivity contribution in [3.05, 3.63) is 96.0 Å². The molecule has 30 heavy (non-hydrogen) atoms. The first-order chi connectivity index (χ1) is 14.8. The summed E-state index contributed by atoms with van der Waals surface area (Å²) in [4.78, 5) is 17.9. The molecule has 0 unspecified atom stereocenters. The lowest BCUT2D eigenvalue weighted by atomic mass is 10.0. The van der Waals surface area contributed by atoms with E-state index in [1.807, 2.05) is 41.4 Å². The van der Waals surface area contributed by atoms with Crippen molar-refractivity contribution in [2.24, 2.45) is 0 Å². The van der Waals surface area contributed by atoms with Crippen LogP contribution in [0, 0.1) is 0 Å². The Labute approximate surface area is 172 Å². The lowest BCUT2D eigenvalue weighted by Gasteiger charge is -2.16. The summed E-state index contributed by atoms with van der Waals surface area (Å²) in [5, 5.41) is 4.17. The van der Waals surface area contributed by atoms with Crippen molar-refractivity contribution in [1.82, 2.24) is 19.8 Å². The number of carbonyl (C=O) groups excluding carboxylic acids is 1. The first kappa shape index (κ1) is 17.0. The van der Waals surface area contributed by atoms with Crippen LogP contribution in [0.2, 0.25) is 0 Å². The molecular weight excluding hydrogens is 376 g/mol. The number of imidazole rings is 1. The molecule has 5 aromatic rings. The summed E-state index contributed by atoms with van der Waals surface area (Å²) in [7, 11) is 0. The van der Waals surface area contributed by atoms with Gasteiger partial charge >= 0.3 is 5.84 Å². The molecule has 146 valence electrons. The zero-order valence-electron chi connectivity index (χ0n) is 16.1. The summed E-state index contributed by atoms with van der Waals surface area (Å²) in [6.07, 6.45) is 3.26. The number of hydrazine groups is 1. The highest BCUT2D eigenvalue weighted by molar-refractivity contribution is 6.00. The van der Waals surface area contributed by atoms with E-state index in [0.29, 0.717) is 30.3 Å². The van der Waals surface area contributed by atoms with Gasteiger partial charge in [0, 0.05) is 24.8 Å². The molecule has 0 saturated carbocycles. The Morgan fingerprint density at radius 3 is 2.47 bits per heavy atom. The van der Waals surface area contributed by atoms with Crippen molar-refractivity contribution in [3.63, 3.8) is 0 Å². The number of fused-ring (bicyclic) bond motifs is 3. The molecule has 0 saturated heterocycles. The Morgan fingerprint density at radius 1 is 0.933 bits per heavy atom. The van der Waals surface area contributed by atoms with Crippen LogP contribution in [0.15, 0.2) is 83.6 Å². The molecule has 1 aliphatic heterocycles. The van der Waals surface area contributed by atoms with Gasteiger partial charge in [0.1, 0.15) is 17.7 Å². The van der Waals surface area contributed by atoms with Gasteiger partial charge in [-0.05, 0) is 28.0 Å². The first-order valence-electron chi connectivity index (χ1n) is 9.84. The molecule has 6 rings (SSSR count). The minimum absolute atomic E-state index is 0.208. The van der Waals surface area contributed by atoms with Crippen molar-refractivity contribution < 1.29 is 9.21 Å². The topological polar surface area (TPSA) is 62.8 Å². The van der Waals surface area contributed by atoms with Crippen molar-refractivity contribution in [2.75, 3.05) is 0 Å². The Balaban J connectivity index is 1.38. The zero-order valence-corrected chi connectivity index (χ0v) is 16.1. The van der Waals surface area contributed by atoms with E-state index in [2.05, 4.69) is 40.7 Å². The van der Waals surface area contributed by atoms with Crippen molar-refractivity contribution in [2.45, 2.75) is 13.1 Å². The quantitative estimate of drug-likeness (QED) is 0.492. The molecule has 6 nitrogen and oxygen atoms in total. The number of rotatable bonds is 3. The number of oxazole rings is 1. The SMILES string of the molecule is O=C(NN1Cc2ccccc2C1)c1c(-c2ccc3ccccc3c2)nc2occn12. The molecule has 1 amide bonds.